The van der Waals surface area contributed by atoms with Crippen molar-refractivity contribution in [2.75, 3.05) is 5.32 Å². The Morgan fingerprint density at radius 3 is 2.26 bits per heavy atom. The van der Waals surface area contributed by atoms with Crippen molar-refractivity contribution in [3.63, 3.8) is 0 Å². The van der Waals surface area contributed by atoms with Gasteiger partial charge in [-0.2, -0.15) is 0 Å². The van der Waals surface area contributed by atoms with Crippen LogP contribution < -0.4 is 5.32 Å². The fourth-order valence-corrected chi connectivity index (χ4v) is 2.30. The Kier molecular flexibility index (Phi) is 6.21. The summed E-state index contributed by atoms with van der Waals surface area (Å²) < 4.78 is 0. The Bertz CT molecular complexity index is 875. The van der Waals surface area contributed by atoms with Gasteiger partial charge >= 0.3 is 5.97 Å². The highest BCUT2D eigenvalue weighted by atomic mass is 16.6. The average molecular weight is 371 g/mol. The molecule has 1 amide bonds. The van der Waals surface area contributed by atoms with Crippen molar-refractivity contribution < 1.29 is 24.7 Å². The zero-order valence-corrected chi connectivity index (χ0v) is 14.3. The number of aliphatic imine (C=N–C) groups is 1. The summed E-state index contributed by atoms with van der Waals surface area (Å²) in [5, 5.41) is 31.8. The molecule has 2 aromatic carbocycles. The molecular formula is C18H17N3O6. The number of nitrogens with zero attached hydrogens (tertiary/aromatic N) is 2. The summed E-state index contributed by atoms with van der Waals surface area (Å²) in [5.41, 5.74) is 0.959. The van der Waals surface area contributed by atoms with Crippen LogP contribution >= 0.6 is 0 Å². The van der Waals surface area contributed by atoms with E-state index in [-0.39, 0.29) is 17.9 Å². The number of carboxylic acid groups (broad SMARTS) is 1. The maximum absolute atomic E-state index is 12.1. The molecule has 0 aliphatic carbocycles. The normalized spacial score (nSPS) is 12.3. The van der Waals surface area contributed by atoms with E-state index >= 15 is 0 Å². The van der Waals surface area contributed by atoms with E-state index in [0.717, 1.165) is 0 Å². The van der Waals surface area contributed by atoms with Gasteiger partial charge in [-0.15, -0.1) is 0 Å². The minimum Gasteiger partial charge on any atom is -0.508 e. The molecule has 0 aromatic heterocycles. The third-order valence-electron chi connectivity index (χ3n) is 3.57. The lowest BCUT2D eigenvalue weighted by atomic mass is 10.1. The lowest BCUT2D eigenvalue weighted by Gasteiger charge is -2.10. The molecule has 0 aliphatic rings. The molecule has 1 unspecified atom stereocenters. The third-order valence-corrected chi connectivity index (χ3v) is 3.57. The number of carboxylic acids is 1. The van der Waals surface area contributed by atoms with E-state index in [1.165, 1.54) is 55.5 Å². The van der Waals surface area contributed by atoms with Crippen molar-refractivity contribution >= 4 is 29.0 Å². The number of non-ortho nitro benzene ring substituents is 1. The van der Waals surface area contributed by atoms with Gasteiger partial charge in [0.15, 0.2) is 6.04 Å². The first-order valence-corrected chi connectivity index (χ1v) is 7.85. The van der Waals surface area contributed by atoms with Crippen LogP contribution in [0.15, 0.2) is 53.5 Å². The zero-order chi connectivity index (χ0) is 20.0. The van der Waals surface area contributed by atoms with Gasteiger partial charge in [0.25, 0.3) is 5.69 Å². The van der Waals surface area contributed by atoms with Crippen molar-refractivity contribution in [2.45, 2.75) is 19.4 Å². The molecular weight excluding hydrogens is 354 g/mol. The number of phenols is 1. The molecule has 0 fully saturated rings. The molecule has 27 heavy (non-hydrogen) atoms. The SMILES string of the molecule is CC(CC(=O)Nc1ccc([N+](=O)[O-])cc1)=NC(C(=O)O)c1ccc(O)cc1. The second-order valence-corrected chi connectivity index (χ2v) is 5.73. The minimum absolute atomic E-state index is 0.00562. The molecule has 140 valence electrons. The van der Waals surface area contributed by atoms with Gasteiger partial charge in [0.2, 0.25) is 5.91 Å². The average Bonchev–Trinajstić information content (AvgIpc) is 2.60. The maximum atomic E-state index is 12.1. The number of phenolic OH excluding ortho intramolecular Hbond substituents is 1. The molecule has 0 aliphatic heterocycles. The van der Waals surface area contributed by atoms with Crippen LogP contribution in [0.2, 0.25) is 0 Å². The molecule has 0 bridgehead atoms. The number of carbonyl (C=O) groups excluding carboxylic acids is 1. The minimum atomic E-state index is -1.20. The van der Waals surface area contributed by atoms with Gasteiger partial charge in [-0.1, -0.05) is 12.1 Å². The summed E-state index contributed by atoms with van der Waals surface area (Å²) in [6.07, 6.45) is -0.140. The standard InChI is InChI=1S/C18H17N3O6/c1-11(19-17(18(24)25)12-2-8-15(22)9-3-12)10-16(23)20-13-4-6-14(7-5-13)21(26)27/h2-9,17,22H,10H2,1H3,(H,20,23)(H,24,25). The van der Waals surface area contributed by atoms with Gasteiger partial charge < -0.3 is 15.5 Å². The summed E-state index contributed by atoms with van der Waals surface area (Å²) >= 11 is 0. The Morgan fingerprint density at radius 1 is 1.15 bits per heavy atom. The predicted octanol–water partition coefficient (Wildman–Crippen LogP) is 2.92. The second-order valence-electron chi connectivity index (χ2n) is 5.73. The third kappa shape index (κ3) is 5.63. The number of carbonyl (C=O) groups is 2. The quantitative estimate of drug-likeness (QED) is 0.388. The van der Waals surface area contributed by atoms with Gasteiger partial charge in [0.1, 0.15) is 5.75 Å². The summed E-state index contributed by atoms with van der Waals surface area (Å²) in [6, 6.07) is 9.75. The van der Waals surface area contributed by atoms with E-state index in [1.807, 2.05) is 0 Å². The first kappa shape index (κ1) is 19.6. The molecule has 9 heteroatoms. The topological polar surface area (TPSA) is 142 Å². The number of nitrogens with one attached hydrogen (secondary N) is 1. The van der Waals surface area contributed by atoms with E-state index in [2.05, 4.69) is 10.3 Å². The highest BCUT2D eigenvalue weighted by Crippen LogP contribution is 2.21. The largest absolute Gasteiger partial charge is 0.508 e. The van der Waals surface area contributed by atoms with Gasteiger partial charge in [-0.05, 0) is 36.8 Å². The van der Waals surface area contributed by atoms with Crippen LogP contribution in [-0.2, 0) is 9.59 Å². The molecule has 9 nitrogen and oxygen atoms in total. The Morgan fingerprint density at radius 2 is 1.74 bits per heavy atom. The fourth-order valence-electron chi connectivity index (χ4n) is 2.30. The van der Waals surface area contributed by atoms with E-state index in [4.69, 9.17) is 0 Å². The summed E-state index contributed by atoms with van der Waals surface area (Å²) in [7, 11) is 0. The number of anilines is 1. The van der Waals surface area contributed by atoms with Crippen LogP contribution in [-0.4, -0.2) is 32.7 Å². The second kappa shape index (κ2) is 8.56. The molecule has 0 heterocycles. The van der Waals surface area contributed by atoms with Crippen molar-refractivity contribution in [3.05, 3.63) is 64.2 Å². The van der Waals surface area contributed by atoms with Crippen LogP contribution in [0.1, 0.15) is 24.9 Å². The van der Waals surface area contributed by atoms with E-state index in [1.54, 1.807) is 0 Å². The zero-order valence-electron chi connectivity index (χ0n) is 14.3. The molecule has 3 N–H and O–H groups in total. The fraction of sp³-hybridized carbons (Fsp3) is 0.167. The lowest BCUT2D eigenvalue weighted by Crippen LogP contribution is -2.17. The number of nitro groups is 1. The number of rotatable bonds is 7. The molecule has 0 saturated carbocycles. The number of nitro benzene ring substituents is 1. The smallest absolute Gasteiger partial charge is 0.333 e. The Labute approximate surface area is 154 Å². The van der Waals surface area contributed by atoms with Gasteiger partial charge in [0.05, 0.1) is 11.3 Å². The molecule has 0 radical (unpaired) electrons. The molecule has 2 rings (SSSR count). The summed E-state index contributed by atoms with van der Waals surface area (Å²) in [4.78, 5) is 37.7. The first-order chi connectivity index (χ1) is 12.8. The van der Waals surface area contributed by atoms with Gasteiger partial charge in [-0.3, -0.25) is 19.9 Å². The number of benzene rings is 2. The first-order valence-electron chi connectivity index (χ1n) is 7.85. The molecule has 0 saturated heterocycles. The van der Waals surface area contributed by atoms with Gasteiger partial charge in [-0.25, -0.2) is 4.79 Å². The highest BCUT2D eigenvalue weighted by Gasteiger charge is 2.19. The maximum Gasteiger partial charge on any atom is 0.333 e. The molecule has 0 spiro atoms. The predicted molar refractivity (Wildman–Crippen MR) is 97.9 cm³/mol. The number of hydrogen-bond donors (Lipinski definition) is 3. The summed E-state index contributed by atoms with van der Waals surface area (Å²) in [5.74, 6) is -1.61. The number of aromatic hydroxyl groups is 1. The Hall–Kier alpha value is -3.75. The molecule has 1 atom stereocenters. The van der Waals surface area contributed by atoms with Crippen molar-refractivity contribution in [2.24, 2.45) is 4.99 Å². The number of aliphatic carboxylic acids is 1. The number of hydrogen-bond acceptors (Lipinski definition) is 6. The Balaban J connectivity index is 2.05. The van der Waals surface area contributed by atoms with Crippen LogP contribution in [0.5, 0.6) is 5.75 Å². The van der Waals surface area contributed by atoms with Crippen LogP contribution in [0, 0.1) is 10.1 Å². The van der Waals surface area contributed by atoms with Crippen molar-refractivity contribution in [1.82, 2.24) is 0 Å². The van der Waals surface area contributed by atoms with Crippen molar-refractivity contribution in [3.8, 4) is 5.75 Å². The van der Waals surface area contributed by atoms with Crippen LogP contribution in [0.3, 0.4) is 0 Å². The van der Waals surface area contributed by atoms with Crippen molar-refractivity contribution in [1.29, 1.82) is 0 Å². The summed E-state index contributed by atoms with van der Waals surface area (Å²) in [6.45, 7) is 1.53. The van der Waals surface area contributed by atoms with Gasteiger partial charge in [0, 0.05) is 23.5 Å². The van der Waals surface area contributed by atoms with E-state index in [0.29, 0.717) is 17.0 Å². The van der Waals surface area contributed by atoms with E-state index < -0.39 is 22.8 Å². The van der Waals surface area contributed by atoms with Crippen LogP contribution in [0.25, 0.3) is 0 Å². The number of amides is 1. The highest BCUT2D eigenvalue weighted by molar-refractivity contribution is 6.06. The van der Waals surface area contributed by atoms with E-state index in [9.17, 15) is 29.9 Å². The monoisotopic (exact) mass is 371 g/mol. The molecule has 2 aromatic rings. The lowest BCUT2D eigenvalue weighted by molar-refractivity contribution is -0.384. The van der Waals surface area contributed by atoms with Crippen LogP contribution in [0.4, 0.5) is 11.4 Å².